The van der Waals surface area contributed by atoms with Crippen LogP contribution in [-0.2, 0) is 22.7 Å². The lowest BCUT2D eigenvalue weighted by atomic mass is 10.1. The molecule has 2 N–H and O–H groups in total. The summed E-state index contributed by atoms with van der Waals surface area (Å²) in [5.74, 6) is 1.42. The van der Waals surface area contributed by atoms with E-state index in [1.54, 1.807) is 31.0 Å². The van der Waals surface area contributed by atoms with E-state index in [9.17, 15) is 9.59 Å². The van der Waals surface area contributed by atoms with Crippen molar-refractivity contribution in [3.05, 3.63) is 59.0 Å². The first kappa shape index (κ1) is 28.1. The molecule has 3 aromatic rings. The topological polar surface area (TPSA) is 116 Å². The Kier molecular flexibility index (Phi) is 9.15. The van der Waals surface area contributed by atoms with Gasteiger partial charge in [-0.2, -0.15) is 4.98 Å². The average molecular weight is 536 g/mol. The highest BCUT2D eigenvalue weighted by Gasteiger charge is 2.27. The Morgan fingerprint density at radius 1 is 1.08 bits per heavy atom. The number of rotatable bonds is 12. The second kappa shape index (κ2) is 12.7. The molecule has 2 aromatic carbocycles. The maximum Gasteiger partial charge on any atom is 0.256 e. The summed E-state index contributed by atoms with van der Waals surface area (Å²) < 4.78 is 10.5. The van der Waals surface area contributed by atoms with Crippen molar-refractivity contribution in [2.24, 2.45) is 0 Å². The molecule has 2 heterocycles. The zero-order valence-corrected chi connectivity index (χ0v) is 23.3. The van der Waals surface area contributed by atoms with Crippen LogP contribution in [0.1, 0.15) is 29.5 Å². The monoisotopic (exact) mass is 535 g/mol. The summed E-state index contributed by atoms with van der Waals surface area (Å²) in [6.07, 6.45) is 0. The predicted octanol–water partition coefficient (Wildman–Crippen LogP) is 2.28. The van der Waals surface area contributed by atoms with Crippen molar-refractivity contribution in [3.8, 4) is 17.1 Å². The van der Waals surface area contributed by atoms with Gasteiger partial charge in [-0.3, -0.25) is 14.6 Å². The van der Waals surface area contributed by atoms with Crippen LogP contribution in [-0.4, -0.2) is 78.9 Å². The van der Waals surface area contributed by atoms with Crippen LogP contribution in [0.3, 0.4) is 0 Å². The highest BCUT2D eigenvalue weighted by Crippen LogP contribution is 2.29. The van der Waals surface area contributed by atoms with Gasteiger partial charge in [0.1, 0.15) is 5.75 Å². The van der Waals surface area contributed by atoms with E-state index in [4.69, 9.17) is 9.26 Å². The summed E-state index contributed by atoms with van der Waals surface area (Å²) in [6, 6.07) is 11.7. The third-order valence-corrected chi connectivity index (χ3v) is 6.77. The van der Waals surface area contributed by atoms with E-state index in [2.05, 4.69) is 20.8 Å². The van der Waals surface area contributed by atoms with Gasteiger partial charge in [-0.25, -0.2) is 5.01 Å². The second-order valence-corrected chi connectivity index (χ2v) is 9.57. The zero-order chi connectivity index (χ0) is 27.9. The maximum atomic E-state index is 13.6. The van der Waals surface area contributed by atoms with Gasteiger partial charge in [0, 0.05) is 51.4 Å². The Morgan fingerprint density at radius 3 is 2.59 bits per heavy atom. The van der Waals surface area contributed by atoms with Gasteiger partial charge in [-0.15, -0.1) is 0 Å². The van der Waals surface area contributed by atoms with E-state index < -0.39 is 0 Å². The number of methoxy groups -OCH3 is 1. The van der Waals surface area contributed by atoms with Crippen LogP contribution in [0, 0.1) is 13.8 Å². The summed E-state index contributed by atoms with van der Waals surface area (Å²) in [5.41, 5.74) is 4.72. The van der Waals surface area contributed by atoms with Crippen molar-refractivity contribution >= 4 is 17.5 Å². The quantitative estimate of drug-likeness (QED) is 0.337. The molecule has 1 aromatic heterocycles. The Labute approximate surface area is 229 Å². The van der Waals surface area contributed by atoms with Crippen molar-refractivity contribution < 1.29 is 18.8 Å². The molecule has 11 heteroatoms. The van der Waals surface area contributed by atoms with Gasteiger partial charge in [0.05, 0.1) is 20.2 Å². The minimum atomic E-state index is -0.163. The summed E-state index contributed by atoms with van der Waals surface area (Å²) in [5, 5.41) is 13.8. The van der Waals surface area contributed by atoms with Crippen LogP contribution in [0.25, 0.3) is 11.4 Å². The molecule has 208 valence electrons. The van der Waals surface area contributed by atoms with Crippen LogP contribution < -0.4 is 20.3 Å². The van der Waals surface area contributed by atoms with Crippen molar-refractivity contribution in [3.63, 3.8) is 0 Å². The van der Waals surface area contributed by atoms with Gasteiger partial charge in [0.15, 0.2) is 0 Å². The maximum absolute atomic E-state index is 13.6. The smallest absolute Gasteiger partial charge is 0.256 e. The van der Waals surface area contributed by atoms with Crippen LogP contribution >= 0.6 is 0 Å². The highest BCUT2D eigenvalue weighted by molar-refractivity contribution is 5.87. The Bertz CT molecular complexity index is 1310. The third-order valence-electron chi connectivity index (χ3n) is 6.77. The molecular weight excluding hydrogens is 498 g/mol. The van der Waals surface area contributed by atoms with Gasteiger partial charge >= 0.3 is 0 Å². The van der Waals surface area contributed by atoms with Crippen molar-refractivity contribution in [2.75, 3.05) is 51.8 Å². The number of benzene rings is 2. The fraction of sp³-hybridized carbons (Fsp3) is 0.429. The number of amides is 2. The molecule has 1 aliphatic heterocycles. The molecule has 1 aliphatic rings. The van der Waals surface area contributed by atoms with E-state index in [-0.39, 0.29) is 24.9 Å². The first-order valence-electron chi connectivity index (χ1n) is 13.1. The standard InChI is InChI=1S/C28H37N7O4/c1-6-29-11-12-30-26(36)17-34(25-14-21(8-7-19(25)2)28-31-20(3)39-32-28)18-27(37)33(4)35-15-22-9-10-24(38-5)13-23(22)16-35/h7-10,13-14,29H,6,11-12,15-18H2,1-5H3,(H,30,36). The molecule has 2 amide bonds. The van der Waals surface area contributed by atoms with Crippen molar-refractivity contribution in [1.82, 2.24) is 30.8 Å². The minimum Gasteiger partial charge on any atom is -0.497 e. The molecule has 0 fully saturated rings. The van der Waals surface area contributed by atoms with E-state index in [0.717, 1.165) is 40.2 Å². The number of nitrogens with zero attached hydrogens (tertiary/aromatic N) is 5. The molecule has 0 atom stereocenters. The summed E-state index contributed by atoms with van der Waals surface area (Å²) in [6.45, 7) is 8.98. The summed E-state index contributed by atoms with van der Waals surface area (Å²) >= 11 is 0. The van der Waals surface area contributed by atoms with Gasteiger partial charge in [-0.05, 0) is 48.4 Å². The second-order valence-electron chi connectivity index (χ2n) is 9.57. The van der Waals surface area contributed by atoms with Crippen molar-refractivity contribution in [1.29, 1.82) is 0 Å². The predicted molar refractivity (Wildman–Crippen MR) is 148 cm³/mol. The van der Waals surface area contributed by atoms with Crippen LogP contribution in [0.2, 0.25) is 0 Å². The number of nitrogens with one attached hydrogen (secondary N) is 2. The van der Waals surface area contributed by atoms with E-state index >= 15 is 0 Å². The van der Waals surface area contributed by atoms with E-state index in [1.165, 1.54) is 0 Å². The summed E-state index contributed by atoms with van der Waals surface area (Å²) in [4.78, 5) is 32.6. The van der Waals surface area contributed by atoms with Gasteiger partial charge in [0.2, 0.25) is 17.6 Å². The van der Waals surface area contributed by atoms with Crippen molar-refractivity contribution in [2.45, 2.75) is 33.9 Å². The van der Waals surface area contributed by atoms with E-state index in [1.807, 2.05) is 55.3 Å². The first-order valence-corrected chi connectivity index (χ1v) is 13.1. The third kappa shape index (κ3) is 6.92. The van der Waals surface area contributed by atoms with Crippen LogP contribution in [0.15, 0.2) is 40.9 Å². The lowest BCUT2D eigenvalue weighted by Crippen LogP contribution is -2.48. The average Bonchev–Trinajstić information content (AvgIpc) is 3.56. The Balaban J connectivity index is 1.53. The van der Waals surface area contributed by atoms with E-state index in [0.29, 0.717) is 37.9 Å². The molecule has 0 saturated carbocycles. The number of likely N-dealkylation sites (N-methyl/N-ethyl adjacent to an activating group) is 2. The number of ether oxygens (including phenoxy) is 1. The number of aromatic nitrogens is 2. The Hall–Kier alpha value is -3.96. The highest BCUT2D eigenvalue weighted by atomic mass is 16.5. The molecule has 0 spiro atoms. The number of aryl methyl sites for hydroxylation is 2. The molecular formula is C28H37N7O4. The molecule has 0 saturated heterocycles. The molecule has 0 aliphatic carbocycles. The number of fused-ring (bicyclic) bond motifs is 1. The lowest BCUT2D eigenvalue weighted by molar-refractivity contribution is -0.145. The fourth-order valence-corrected chi connectivity index (χ4v) is 4.54. The molecule has 0 radical (unpaired) electrons. The SMILES string of the molecule is CCNCCNC(=O)CN(CC(=O)N(C)N1Cc2ccc(OC)cc2C1)c1cc(-c2noc(C)n2)ccc1C. The van der Waals surface area contributed by atoms with Gasteiger partial charge in [-0.1, -0.05) is 30.3 Å². The fourth-order valence-electron chi connectivity index (χ4n) is 4.54. The molecule has 4 rings (SSSR count). The number of carbonyl (C=O) groups is 2. The molecule has 39 heavy (non-hydrogen) atoms. The zero-order valence-electron chi connectivity index (χ0n) is 23.3. The molecule has 11 nitrogen and oxygen atoms in total. The largest absolute Gasteiger partial charge is 0.497 e. The van der Waals surface area contributed by atoms with Gasteiger partial charge in [0.25, 0.3) is 5.91 Å². The molecule has 0 bridgehead atoms. The van der Waals surface area contributed by atoms with Crippen LogP contribution in [0.5, 0.6) is 5.75 Å². The van der Waals surface area contributed by atoms with Crippen LogP contribution in [0.4, 0.5) is 5.69 Å². The molecule has 0 unspecified atom stereocenters. The summed E-state index contributed by atoms with van der Waals surface area (Å²) in [7, 11) is 3.41. The Morgan fingerprint density at radius 2 is 1.87 bits per heavy atom. The number of hydrazine groups is 1. The minimum absolute atomic E-state index is 0.0167. The number of hydrogen-bond donors (Lipinski definition) is 2. The number of hydrogen-bond acceptors (Lipinski definition) is 9. The number of anilines is 1. The number of carbonyl (C=O) groups excluding carboxylic acids is 2. The first-order chi connectivity index (χ1) is 18.8. The lowest BCUT2D eigenvalue weighted by Gasteiger charge is -2.32. The normalized spacial score (nSPS) is 12.7. The van der Waals surface area contributed by atoms with Gasteiger partial charge < -0.3 is 24.8 Å².